The molecule has 1 heterocycles. The van der Waals surface area contributed by atoms with Crippen LogP contribution in [0.5, 0.6) is 0 Å². The fraction of sp³-hybridized carbons (Fsp3) is 0.500. The smallest absolute Gasteiger partial charge is 0.367 e. The third kappa shape index (κ3) is 2.57. The molecular formula is C10H14N2O3S. The molecule has 0 saturated carbocycles. The molecule has 1 rings (SSSR count). The molecule has 0 aliphatic carbocycles. The normalized spacial score (nSPS) is 10.0. The summed E-state index contributed by atoms with van der Waals surface area (Å²) in [5.41, 5.74) is 0.318. The van der Waals surface area contributed by atoms with Crippen molar-refractivity contribution < 1.29 is 14.3 Å². The van der Waals surface area contributed by atoms with Crippen LogP contribution in [0.4, 0.5) is 0 Å². The van der Waals surface area contributed by atoms with E-state index in [1.807, 2.05) is 0 Å². The van der Waals surface area contributed by atoms with Crippen molar-refractivity contribution in [2.24, 2.45) is 0 Å². The molecule has 0 N–H and O–H groups in total. The number of hydrogen-bond acceptors (Lipinski definition) is 5. The Morgan fingerprint density at radius 2 is 2.06 bits per heavy atom. The van der Waals surface area contributed by atoms with Crippen molar-refractivity contribution in [1.82, 2.24) is 9.88 Å². The summed E-state index contributed by atoms with van der Waals surface area (Å²) in [6, 6.07) is 0. The number of hydrogen-bond donors (Lipinski definition) is 0. The Morgan fingerprint density at radius 1 is 1.44 bits per heavy atom. The van der Waals surface area contributed by atoms with E-state index >= 15 is 0 Å². The molecule has 0 aliphatic rings. The van der Waals surface area contributed by atoms with Crippen LogP contribution in [0, 0.1) is 6.92 Å². The monoisotopic (exact) mass is 242 g/mol. The molecule has 0 atom stereocenters. The zero-order chi connectivity index (χ0) is 12.3. The van der Waals surface area contributed by atoms with Gasteiger partial charge >= 0.3 is 5.97 Å². The number of ether oxygens (including phenoxy) is 1. The number of thiazole rings is 1. The predicted octanol–water partition coefficient (Wildman–Crippen LogP) is 1.33. The van der Waals surface area contributed by atoms with Crippen LogP contribution in [0.15, 0.2) is 0 Å². The zero-order valence-electron chi connectivity index (χ0n) is 9.73. The van der Waals surface area contributed by atoms with Crippen LogP contribution < -0.4 is 0 Å². The van der Waals surface area contributed by atoms with Gasteiger partial charge in [0.25, 0.3) is 5.91 Å². The summed E-state index contributed by atoms with van der Waals surface area (Å²) in [6.45, 7) is 3.79. The van der Waals surface area contributed by atoms with Gasteiger partial charge in [-0.15, -0.1) is 11.3 Å². The van der Waals surface area contributed by atoms with Gasteiger partial charge < -0.3 is 9.64 Å². The first kappa shape index (κ1) is 12.6. The van der Waals surface area contributed by atoms with E-state index in [1.54, 1.807) is 27.9 Å². The van der Waals surface area contributed by atoms with E-state index in [0.29, 0.717) is 12.3 Å². The molecule has 1 aromatic rings. The van der Waals surface area contributed by atoms with Gasteiger partial charge in [-0.25, -0.2) is 9.78 Å². The third-order valence-electron chi connectivity index (χ3n) is 1.86. The van der Waals surface area contributed by atoms with Crippen LogP contribution in [-0.2, 0) is 4.74 Å². The first-order valence-electron chi connectivity index (χ1n) is 4.83. The summed E-state index contributed by atoms with van der Waals surface area (Å²) in [5.74, 6) is -0.683. The van der Waals surface area contributed by atoms with E-state index in [-0.39, 0.29) is 10.9 Å². The van der Waals surface area contributed by atoms with Crippen molar-refractivity contribution in [3.05, 3.63) is 15.6 Å². The van der Waals surface area contributed by atoms with Crippen molar-refractivity contribution in [3.63, 3.8) is 0 Å². The number of aryl methyl sites for hydroxylation is 1. The van der Waals surface area contributed by atoms with Gasteiger partial charge in [-0.3, -0.25) is 4.79 Å². The summed E-state index contributed by atoms with van der Waals surface area (Å²) in [5, 5.41) is 0.226. The van der Waals surface area contributed by atoms with Crippen molar-refractivity contribution in [1.29, 1.82) is 0 Å². The molecule has 16 heavy (non-hydrogen) atoms. The molecule has 1 amide bonds. The second-order valence-electron chi connectivity index (χ2n) is 3.34. The molecule has 0 saturated heterocycles. The van der Waals surface area contributed by atoms with E-state index in [4.69, 9.17) is 4.74 Å². The Balaban J connectivity index is 2.98. The molecule has 0 unspecified atom stereocenters. The first-order valence-corrected chi connectivity index (χ1v) is 5.65. The quantitative estimate of drug-likeness (QED) is 0.750. The van der Waals surface area contributed by atoms with Crippen molar-refractivity contribution >= 4 is 23.2 Å². The third-order valence-corrected chi connectivity index (χ3v) is 2.81. The SMILES string of the molecule is CCOC(=O)c1nc(C(=O)N(C)C)c(C)s1. The summed E-state index contributed by atoms with van der Waals surface area (Å²) in [6.07, 6.45) is 0. The van der Waals surface area contributed by atoms with Gasteiger partial charge in [0, 0.05) is 19.0 Å². The lowest BCUT2D eigenvalue weighted by Gasteiger charge is -2.07. The number of aromatic nitrogens is 1. The number of esters is 1. The number of carbonyl (C=O) groups is 2. The van der Waals surface area contributed by atoms with Gasteiger partial charge in [-0.2, -0.15) is 0 Å². The molecule has 88 valence electrons. The topological polar surface area (TPSA) is 59.5 Å². The molecule has 1 aromatic heterocycles. The lowest BCUT2D eigenvalue weighted by Crippen LogP contribution is -2.22. The lowest BCUT2D eigenvalue weighted by molar-refractivity contribution is 0.0526. The van der Waals surface area contributed by atoms with Crippen LogP contribution in [0.25, 0.3) is 0 Å². The Morgan fingerprint density at radius 3 is 2.56 bits per heavy atom. The summed E-state index contributed by atoms with van der Waals surface area (Å²) < 4.78 is 4.82. The van der Waals surface area contributed by atoms with E-state index in [1.165, 1.54) is 16.2 Å². The van der Waals surface area contributed by atoms with Gasteiger partial charge in [0.05, 0.1) is 6.61 Å². The predicted molar refractivity (Wildman–Crippen MR) is 60.8 cm³/mol. The van der Waals surface area contributed by atoms with E-state index in [9.17, 15) is 9.59 Å². The Hall–Kier alpha value is -1.43. The van der Waals surface area contributed by atoms with Crippen LogP contribution in [0.1, 0.15) is 32.1 Å². The van der Waals surface area contributed by atoms with Crippen LogP contribution in [-0.4, -0.2) is 42.5 Å². The largest absolute Gasteiger partial charge is 0.461 e. The van der Waals surface area contributed by atoms with Gasteiger partial charge in [-0.1, -0.05) is 0 Å². The molecule has 0 radical (unpaired) electrons. The fourth-order valence-electron chi connectivity index (χ4n) is 1.09. The fourth-order valence-corrected chi connectivity index (χ4v) is 1.89. The minimum Gasteiger partial charge on any atom is -0.461 e. The molecule has 0 fully saturated rings. The first-order chi connectivity index (χ1) is 7.47. The average Bonchev–Trinajstić information content (AvgIpc) is 2.59. The molecule has 0 spiro atoms. The average molecular weight is 242 g/mol. The Labute approximate surface area is 98.0 Å². The zero-order valence-corrected chi connectivity index (χ0v) is 10.6. The number of carbonyl (C=O) groups excluding carboxylic acids is 2. The second-order valence-corrected chi connectivity index (χ2v) is 4.55. The van der Waals surface area contributed by atoms with Crippen LogP contribution in [0.3, 0.4) is 0 Å². The van der Waals surface area contributed by atoms with Crippen molar-refractivity contribution in [3.8, 4) is 0 Å². The molecule has 0 aromatic carbocycles. The lowest BCUT2D eigenvalue weighted by atomic mass is 10.3. The van der Waals surface area contributed by atoms with Gasteiger partial charge in [0.15, 0.2) is 0 Å². The highest BCUT2D eigenvalue weighted by atomic mass is 32.1. The molecular weight excluding hydrogens is 228 g/mol. The molecule has 0 bridgehead atoms. The van der Waals surface area contributed by atoms with E-state index in [2.05, 4.69) is 4.98 Å². The van der Waals surface area contributed by atoms with Crippen molar-refractivity contribution in [2.75, 3.05) is 20.7 Å². The Kier molecular flexibility index (Phi) is 4.00. The molecule has 6 heteroatoms. The van der Waals surface area contributed by atoms with Crippen molar-refractivity contribution in [2.45, 2.75) is 13.8 Å². The van der Waals surface area contributed by atoms with Gasteiger partial charge in [0.2, 0.25) is 5.01 Å². The number of amides is 1. The molecule has 0 aliphatic heterocycles. The standard InChI is InChI=1S/C10H14N2O3S/c1-5-15-10(14)8-11-7(6(2)16-8)9(13)12(3)4/h5H2,1-4H3. The maximum absolute atomic E-state index is 11.7. The summed E-state index contributed by atoms with van der Waals surface area (Å²) >= 11 is 1.17. The van der Waals surface area contributed by atoms with Gasteiger partial charge in [0.1, 0.15) is 5.69 Å². The minimum atomic E-state index is -0.478. The summed E-state index contributed by atoms with van der Waals surface area (Å²) in [4.78, 5) is 29.2. The van der Waals surface area contributed by atoms with E-state index in [0.717, 1.165) is 4.88 Å². The van der Waals surface area contributed by atoms with Crippen LogP contribution in [0.2, 0.25) is 0 Å². The van der Waals surface area contributed by atoms with E-state index < -0.39 is 5.97 Å². The highest BCUT2D eigenvalue weighted by Crippen LogP contribution is 2.19. The molecule has 5 nitrogen and oxygen atoms in total. The highest BCUT2D eigenvalue weighted by Gasteiger charge is 2.20. The van der Waals surface area contributed by atoms with Crippen LogP contribution >= 0.6 is 11.3 Å². The second kappa shape index (κ2) is 5.07. The maximum Gasteiger partial charge on any atom is 0.367 e. The number of nitrogens with zero attached hydrogens (tertiary/aromatic N) is 2. The number of rotatable bonds is 3. The summed E-state index contributed by atoms with van der Waals surface area (Å²) in [7, 11) is 3.29. The minimum absolute atomic E-state index is 0.204. The maximum atomic E-state index is 11.7. The highest BCUT2D eigenvalue weighted by molar-refractivity contribution is 7.13. The van der Waals surface area contributed by atoms with Gasteiger partial charge in [-0.05, 0) is 13.8 Å². The Bertz CT molecular complexity index is 412.